The maximum absolute atomic E-state index is 13.8. The van der Waals surface area contributed by atoms with Crippen molar-refractivity contribution in [2.75, 3.05) is 52.4 Å². The summed E-state index contributed by atoms with van der Waals surface area (Å²) in [7, 11) is 0. The van der Waals surface area contributed by atoms with Gasteiger partial charge < -0.3 is 19.7 Å². The first kappa shape index (κ1) is 31.6. The zero-order valence-corrected chi connectivity index (χ0v) is 28.1. The number of rotatable bonds is 10. The van der Waals surface area contributed by atoms with E-state index in [0.29, 0.717) is 35.6 Å². The maximum atomic E-state index is 13.8. The van der Waals surface area contributed by atoms with Crippen LogP contribution >= 0.6 is 11.6 Å². The van der Waals surface area contributed by atoms with Crippen molar-refractivity contribution in [2.45, 2.75) is 97.6 Å². The molecule has 0 aliphatic carbocycles. The van der Waals surface area contributed by atoms with Crippen LogP contribution in [0.25, 0.3) is 11.3 Å². The second-order valence-corrected chi connectivity index (χ2v) is 15.0. The van der Waals surface area contributed by atoms with E-state index >= 15 is 0 Å². The number of carbonyl (C=O) groups is 2. The number of halogens is 1. The number of aromatic nitrogens is 1. The van der Waals surface area contributed by atoms with Gasteiger partial charge in [-0.05, 0) is 100 Å². The van der Waals surface area contributed by atoms with Crippen LogP contribution in [0.15, 0.2) is 18.2 Å². The van der Waals surface area contributed by atoms with Gasteiger partial charge in [0.25, 0.3) is 0 Å². The molecule has 2 bridgehead atoms. The molecule has 4 aliphatic heterocycles. The number of hydrogen-bond donors (Lipinski definition) is 1. The van der Waals surface area contributed by atoms with Crippen LogP contribution in [0.1, 0.15) is 81.0 Å². The van der Waals surface area contributed by atoms with Gasteiger partial charge in [-0.2, -0.15) is 0 Å². The molecule has 1 N–H and O–H groups in total. The van der Waals surface area contributed by atoms with E-state index in [2.05, 4.69) is 65.6 Å². The number of nitrogens with one attached hydrogen (secondary N) is 1. The third kappa shape index (κ3) is 6.75. The Morgan fingerprint density at radius 1 is 0.841 bits per heavy atom. The lowest BCUT2D eigenvalue weighted by Gasteiger charge is -2.35. The highest BCUT2D eigenvalue weighted by atomic mass is 35.5. The van der Waals surface area contributed by atoms with Gasteiger partial charge in [-0.3, -0.25) is 14.5 Å². The molecule has 7 nitrogen and oxygen atoms in total. The van der Waals surface area contributed by atoms with Crippen LogP contribution in [0.4, 0.5) is 0 Å². The van der Waals surface area contributed by atoms with E-state index in [-0.39, 0.29) is 0 Å². The number of amides is 2. The minimum absolute atomic E-state index is 0.291. The van der Waals surface area contributed by atoms with E-state index in [4.69, 9.17) is 11.6 Å². The topological polar surface area (TPSA) is 62.9 Å². The smallest absolute Gasteiger partial charge is 0.236 e. The lowest BCUT2D eigenvalue weighted by Crippen LogP contribution is -2.50. The lowest BCUT2D eigenvalue weighted by molar-refractivity contribution is -0.142. The monoisotopic (exact) mass is 621 g/mol. The minimum atomic E-state index is -0.425. The van der Waals surface area contributed by atoms with Crippen molar-refractivity contribution >= 4 is 23.4 Å². The largest absolute Gasteiger partial charge is 0.345 e. The summed E-state index contributed by atoms with van der Waals surface area (Å²) in [5.74, 6) is 0.616. The molecule has 2 amide bonds. The molecule has 0 radical (unpaired) electrons. The molecule has 4 fully saturated rings. The summed E-state index contributed by atoms with van der Waals surface area (Å²) in [6.45, 7) is 15.7. The Kier molecular flexibility index (Phi) is 9.47. The van der Waals surface area contributed by atoms with Crippen LogP contribution in [-0.4, -0.2) is 101 Å². The van der Waals surface area contributed by atoms with Crippen LogP contribution in [-0.2, 0) is 22.4 Å². The molecule has 1 aromatic heterocycles. The zero-order chi connectivity index (χ0) is 31.0. The first-order valence-corrected chi connectivity index (χ1v) is 17.5. The number of carbonyl (C=O) groups excluding carboxylic acids is 2. The Balaban J connectivity index is 1.14. The number of H-pyrrole nitrogens is 1. The van der Waals surface area contributed by atoms with Crippen LogP contribution in [0.2, 0.25) is 5.15 Å². The maximum Gasteiger partial charge on any atom is 0.236 e. The van der Waals surface area contributed by atoms with E-state index in [1.165, 1.54) is 53.5 Å². The van der Waals surface area contributed by atoms with Gasteiger partial charge in [0.2, 0.25) is 11.8 Å². The van der Waals surface area contributed by atoms with Crippen LogP contribution < -0.4 is 0 Å². The second-order valence-electron chi connectivity index (χ2n) is 14.7. The number of piperazine rings is 1. The first-order valence-electron chi connectivity index (χ1n) is 17.1. The molecule has 0 spiro atoms. The molecule has 0 unspecified atom stereocenters. The van der Waals surface area contributed by atoms with E-state index in [1.54, 1.807) is 0 Å². The fourth-order valence-corrected chi connectivity index (χ4v) is 8.59. The average Bonchev–Trinajstić information content (AvgIpc) is 3.80. The van der Waals surface area contributed by atoms with Gasteiger partial charge in [0, 0.05) is 63.3 Å². The molecule has 1 aromatic carbocycles. The molecule has 5 heterocycles. The normalized spacial score (nSPS) is 22.8. The molecule has 240 valence electrons. The minimum Gasteiger partial charge on any atom is -0.345 e. The summed E-state index contributed by atoms with van der Waals surface area (Å²) >= 11 is 7.01. The summed E-state index contributed by atoms with van der Waals surface area (Å²) in [5.41, 5.74) is 6.81. The standard InChI is InChI=1S/C36H52ClN5O2/c1-25-21-26(2)23-27(22-25)33-30(12-16-39-17-19-40(20-18-39)24-32(43)41-14-5-6-15-41)31(34(37)38-33)11-13-36(3,4)35(44)42-28-7-8-29(42)10-9-28/h21-23,28-29,38H,5-20,24H2,1-4H3. The number of nitrogens with zero attached hydrogens (tertiary/aromatic N) is 4. The number of hydrogen-bond acceptors (Lipinski definition) is 4. The third-order valence-corrected chi connectivity index (χ3v) is 11.2. The fraction of sp³-hybridized carbons (Fsp3) is 0.667. The van der Waals surface area contributed by atoms with E-state index in [1.807, 2.05) is 4.90 Å². The van der Waals surface area contributed by atoms with Crippen LogP contribution in [0.3, 0.4) is 0 Å². The molecule has 0 atom stereocenters. The Hall–Kier alpha value is -2.35. The van der Waals surface area contributed by atoms with Crippen molar-refractivity contribution in [2.24, 2.45) is 5.41 Å². The quantitative estimate of drug-likeness (QED) is 0.362. The lowest BCUT2D eigenvalue weighted by atomic mass is 9.83. The number of aryl methyl sites for hydroxylation is 2. The van der Waals surface area contributed by atoms with Crippen molar-refractivity contribution in [3.05, 3.63) is 45.6 Å². The molecule has 8 heteroatoms. The summed E-state index contributed by atoms with van der Waals surface area (Å²) in [5, 5.41) is 0.712. The molecule has 2 aromatic rings. The van der Waals surface area contributed by atoms with Crippen molar-refractivity contribution < 1.29 is 9.59 Å². The SMILES string of the molecule is Cc1cc(C)cc(-c2[nH]c(Cl)c(CCC(C)(C)C(=O)N3C4CCC3CC4)c2CCN2CCN(CC(=O)N3CCCC3)CC2)c1. The molecule has 4 saturated heterocycles. The fourth-order valence-electron chi connectivity index (χ4n) is 8.28. The third-order valence-electron chi connectivity index (χ3n) is 10.9. The predicted octanol–water partition coefficient (Wildman–Crippen LogP) is 5.85. The summed E-state index contributed by atoms with van der Waals surface area (Å²) in [6, 6.07) is 7.60. The number of benzene rings is 1. The highest BCUT2D eigenvalue weighted by Crippen LogP contribution is 2.42. The summed E-state index contributed by atoms with van der Waals surface area (Å²) in [4.78, 5) is 39.1. The molecule has 44 heavy (non-hydrogen) atoms. The summed E-state index contributed by atoms with van der Waals surface area (Å²) < 4.78 is 0. The molecule has 4 aliphatic rings. The van der Waals surface area contributed by atoms with Gasteiger partial charge in [-0.15, -0.1) is 0 Å². The van der Waals surface area contributed by atoms with E-state index < -0.39 is 5.41 Å². The zero-order valence-electron chi connectivity index (χ0n) is 27.4. The highest BCUT2D eigenvalue weighted by Gasteiger charge is 2.46. The van der Waals surface area contributed by atoms with Gasteiger partial charge >= 0.3 is 0 Å². The Morgan fingerprint density at radius 3 is 2.05 bits per heavy atom. The first-order chi connectivity index (χ1) is 21.1. The van der Waals surface area contributed by atoms with Gasteiger partial charge in [0.15, 0.2) is 0 Å². The van der Waals surface area contributed by atoms with Gasteiger partial charge in [0.1, 0.15) is 5.15 Å². The average molecular weight is 622 g/mol. The highest BCUT2D eigenvalue weighted by molar-refractivity contribution is 6.30. The van der Waals surface area contributed by atoms with Gasteiger partial charge in [-0.25, -0.2) is 0 Å². The van der Waals surface area contributed by atoms with Crippen molar-refractivity contribution in [1.82, 2.24) is 24.6 Å². The van der Waals surface area contributed by atoms with Crippen molar-refractivity contribution in [3.63, 3.8) is 0 Å². The second kappa shape index (κ2) is 13.2. The van der Waals surface area contributed by atoms with E-state index in [0.717, 1.165) is 83.6 Å². The van der Waals surface area contributed by atoms with Crippen LogP contribution in [0, 0.1) is 19.3 Å². The van der Waals surface area contributed by atoms with Gasteiger partial charge in [0.05, 0.1) is 12.2 Å². The number of likely N-dealkylation sites (tertiary alicyclic amines) is 1. The van der Waals surface area contributed by atoms with Gasteiger partial charge in [-0.1, -0.05) is 42.6 Å². The Labute approximate surface area is 269 Å². The van der Waals surface area contributed by atoms with E-state index in [9.17, 15) is 9.59 Å². The molecule has 6 rings (SSSR count). The molecular weight excluding hydrogens is 570 g/mol. The Morgan fingerprint density at radius 2 is 1.43 bits per heavy atom. The predicted molar refractivity (Wildman–Crippen MR) is 178 cm³/mol. The molecule has 0 saturated carbocycles. The molecular formula is C36H52ClN5O2. The van der Waals surface area contributed by atoms with Crippen LogP contribution in [0.5, 0.6) is 0 Å². The van der Waals surface area contributed by atoms with Crippen molar-refractivity contribution in [1.29, 1.82) is 0 Å². The van der Waals surface area contributed by atoms with Crippen molar-refractivity contribution in [3.8, 4) is 11.3 Å². The number of aromatic amines is 1. The number of fused-ring (bicyclic) bond motifs is 2. The Bertz CT molecular complexity index is 1310. The summed E-state index contributed by atoms with van der Waals surface area (Å²) in [6.07, 6.45) is 9.42.